The summed E-state index contributed by atoms with van der Waals surface area (Å²) < 4.78 is 7.72. The number of hydrogen-bond donors (Lipinski definition) is 0. The van der Waals surface area contributed by atoms with Crippen LogP contribution in [-0.4, -0.2) is 28.0 Å². The molecule has 0 bridgehead atoms. The molecule has 1 aromatic carbocycles. The van der Waals surface area contributed by atoms with E-state index in [9.17, 15) is 4.79 Å². The first-order valence-corrected chi connectivity index (χ1v) is 8.43. The molecule has 3 rings (SSSR count). The summed E-state index contributed by atoms with van der Waals surface area (Å²) in [5.41, 5.74) is 0.711. The number of nitrogens with zero attached hydrogens (tertiary/aromatic N) is 2. The van der Waals surface area contributed by atoms with Crippen LogP contribution in [0.15, 0.2) is 34.2 Å². The summed E-state index contributed by atoms with van der Waals surface area (Å²) in [6.45, 7) is 4.76. The van der Waals surface area contributed by atoms with E-state index in [1.54, 1.807) is 0 Å². The van der Waals surface area contributed by atoms with Crippen molar-refractivity contribution in [1.29, 1.82) is 0 Å². The Morgan fingerprint density at radius 2 is 2.14 bits per heavy atom. The van der Waals surface area contributed by atoms with Crippen molar-refractivity contribution in [2.45, 2.75) is 43.5 Å². The second kappa shape index (κ2) is 5.46. The predicted molar refractivity (Wildman–Crippen MR) is 86.1 cm³/mol. The van der Waals surface area contributed by atoms with Crippen LogP contribution in [-0.2, 0) is 4.74 Å². The van der Waals surface area contributed by atoms with Gasteiger partial charge in [0.05, 0.1) is 29.2 Å². The summed E-state index contributed by atoms with van der Waals surface area (Å²) >= 11 is 1.51. The Balaban J connectivity index is 2.09. The monoisotopic (exact) mass is 304 g/mol. The molecule has 0 spiro atoms. The maximum Gasteiger partial charge on any atom is 0.262 e. The molecule has 112 valence electrons. The van der Waals surface area contributed by atoms with Crippen LogP contribution in [0.5, 0.6) is 0 Å². The van der Waals surface area contributed by atoms with Crippen LogP contribution in [0, 0.1) is 0 Å². The fraction of sp³-hybridized carbons (Fsp3) is 0.500. The summed E-state index contributed by atoms with van der Waals surface area (Å²) in [6.07, 6.45) is 3.85. The molecule has 1 fully saturated rings. The van der Waals surface area contributed by atoms with Gasteiger partial charge in [-0.1, -0.05) is 23.9 Å². The first kappa shape index (κ1) is 14.6. The van der Waals surface area contributed by atoms with E-state index in [-0.39, 0.29) is 17.2 Å². The molecule has 0 saturated carbocycles. The molecule has 0 amide bonds. The largest absolute Gasteiger partial charge is 0.373 e. The zero-order valence-corrected chi connectivity index (χ0v) is 13.4. The zero-order valence-electron chi connectivity index (χ0n) is 12.6. The van der Waals surface area contributed by atoms with E-state index < -0.39 is 0 Å². The summed E-state index contributed by atoms with van der Waals surface area (Å²) in [5.74, 6) is 0. The minimum absolute atomic E-state index is 0.0401. The third kappa shape index (κ3) is 2.72. The minimum atomic E-state index is -0.0933. The summed E-state index contributed by atoms with van der Waals surface area (Å²) in [7, 11) is 0. The van der Waals surface area contributed by atoms with Crippen molar-refractivity contribution in [3.05, 3.63) is 34.6 Å². The minimum Gasteiger partial charge on any atom is -0.373 e. The molecule has 1 aromatic heterocycles. The highest BCUT2D eigenvalue weighted by atomic mass is 32.2. The first-order chi connectivity index (χ1) is 10.0. The highest BCUT2D eigenvalue weighted by Crippen LogP contribution is 2.31. The number of fused-ring (bicyclic) bond motifs is 1. The summed E-state index contributed by atoms with van der Waals surface area (Å²) in [5, 5.41) is 1.45. The molecule has 21 heavy (non-hydrogen) atoms. The van der Waals surface area contributed by atoms with Gasteiger partial charge in [0, 0.05) is 0 Å². The van der Waals surface area contributed by atoms with E-state index in [1.165, 1.54) is 11.8 Å². The van der Waals surface area contributed by atoms with Crippen LogP contribution >= 0.6 is 11.8 Å². The second-order valence-corrected chi connectivity index (χ2v) is 6.83. The molecule has 1 aliphatic heterocycles. The topological polar surface area (TPSA) is 44.1 Å². The lowest BCUT2D eigenvalue weighted by Crippen LogP contribution is -2.38. The molecule has 1 saturated heterocycles. The van der Waals surface area contributed by atoms with E-state index in [0.29, 0.717) is 12.0 Å². The molecule has 5 heteroatoms. The molecule has 0 N–H and O–H groups in total. The van der Waals surface area contributed by atoms with Crippen LogP contribution in [0.2, 0.25) is 0 Å². The van der Waals surface area contributed by atoms with E-state index >= 15 is 0 Å². The Morgan fingerprint density at radius 3 is 2.81 bits per heavy atom. The second-order valence-electron chi connectivity index (χ2n) is 6.05. The molecule has 0 aliphatic carbocycles. The molecule has 2 aromatic rings. The van der Waals surface area contributed by atoms with Gasteiger partial charge in [-0.3, -0.25) is 9.36 Å². The number of rotatable bonds is 2. The van der Waals surface area contributed by atoms with Crippen molar-refractivity contribution < 1.29 is 4.74 Å². The van der Waals surface area contributed by atoms with Gasteiger partial charge in [-0.15, -0.1) is 0 Å². The average molecular weight is 304 g/mol. The van der Waals surface area contributed by atoms with Gasteiger partial charge in [0.25, 0.3) is 5.56 Å². The van der Waals surface area contributed by atoms with E-state index in [0.717, 1.165) is 23.5 Å². The van der Waals surface area contributed by atoms with Gasteiger partial charge in [0.15, 0.2) is 5.16 Å². The van der Waals surface area contributed by atoms with Gasteiger partial charge in [-0.05, 0) is 45.1 Å². The number of para-hydroxylation sites is 1. The average Bonchev–Trinajstić information content (AvgIpc) is 2.48. The number of thioether (sulfide) groups is 1. The lowest BCUT2D eigenvalue weighted by atomic mass is 9.95. The Morgan fingerprint density at radius 1 is 1.38 bits per heavy atom. The fourth-order valence-corrected chi connectivity index (χ4v) is 3.40. The van der Waals surface area contributed by atoms with Crippen molar-refractivity contribution in [3.8, 4) is 0 Å². The standard InChI is InChI=1S/C16H20N2O2S/c1-16(2)9-8-11(10-20-16)18-14(19)12-6-4-5-7-13(12)17-15(18)21-3/h4-7,11H,8-10H2,1-3H3. The van der Waals surface area contributed by atoms with E-state index in [4.69, 9.17) is 4.74 Å². The van der Waals surface area contributed by atoms with Crippen LogP contribution in [0.25, 0.3) is 10.9 Å². The lowest BCUT2D eigenvalue weighted by molar-refractivity contribution is -0.0747. The van der Waals surface area contributed by atoms with Gasteiger partial charge in [0.2, 0.25) is 0 Å². The van der Waals surface area contributed by atoms with Crippen LogP contribution in [0.1, 0.15) is 32.7 Å². The van der Waals surface area contributed by atoms with Crippen molar-refractivity contribution >= 4 is 22.7 Å². The van der Waals surface area contributed by atoms with E-state index in [2.05, 4.69) is 18.8 Å². The Bertz CT molecular complexity index is 714. The highest BCUT2D eigenvalue weighted by molar-refractivity contribution is 7.98. The van der Waals surface area contributed by atoms with Crippen LogP contribution in [0.3, 0.4) is 0 Å². The molecular weight excluding hydrogens is 284 g/mol. The molecule has 1 atom stereocenters. The third-order valence-corrected chi connectivity index (χ3v) is 4.72. The maximum absolute atomic E-state index is 12.8. The predicted octanol–water partition coefficient (Wildman–Crippen LogP) is 3.25. The fourth-order valence-electron chi connectivity index (χ4n) is 2.79. The van der Waals surface area contributed by atoms with Crippen LogP contribution < -0.4 is 5.56 Å². The number of aromatic nitrogens is 2. The van der Waals surface area contributed by atoms with Gasteiger partial charge in [-0.25, -0.2) is 4.98 Å². The molecular formula is C16H20N2O2S. The molecule has 2 heterocycles. The Kier molecular flexibility index (Phi) is 3.80. The smallest absolute Gasteiger partial charge is 0.262 e. The van der Waals surface area contributed by atoms with Gasteiger partial charge in [0.1, 0.15) is 0 Å². The molecule has 1 aliphatic rings. The number of benzene rings is 1. The van der Waals surface area contributed by atoms with Crippen LogP contribution in [0.4, 0.5) is 0 Å². The third-order valence-electron chi connectivity index (χ3n) is 4.07. The van der Waals surface area contributed by atoms with Crippen molar-refractivity contribution in [3.63, 3.8) is 0 Å². The summed E-state index contributed by atoms with van der Waals surface area (Å²) in [6, 6.07) is 7.61. The number of hydrogen-bond acceptors (Lipinski definition) is 4. The maximum atomic E-state index is 12.8. The molecule has 4 nitrogen and oxygen atoms in total. The van der Waals surface area contributed by atoms with Crippen molar-refractivity contribution in [1.82, 2.24) is 9.55 Å². The van der Waals surface area contributed by atoms with Crippen molar-refractivity contribution in [2.75, 3.05) is 12.9 Å². The van der Waals surface area contributed by atoms with E-state index in [1.807, 2.05) is 35.1 Å². The van der Waals surface area contributed by atoms with Crippen molar-refractivity contribution in [2.24, 2.45) is 0 Å². The zero-order chi connectivity index (χ0) is 15.0. The Hall–Kier alpha value is -1.33. The summed E-state index contributed by atoms with van der Waals surface area (Å²) in [4.78, 5) is 17.5. The Labute approximate surface area is 128 Å². The molecule has 1 unspecified atom stereocenters. The molecule has 0 radical (unpaired) electrons. The lowest BCUT2D eigenvalue weighted by Gasteiger charge is -2.36. The first-order valence-electron chi connectivity index (χ1n) is 7.21. The van der Waals surface area contributed by atoms with Gasteiger partial charge in [-0.2, -0.15) is 0 Å². The van der Waals surface area contributed by atoms with Gasteiger partial charge >= 0.3 is 0 Å². The normalized spacial score (nSPS) is 21.6. The SMILES string of the molecule is CSc1nc2ccccc2c(=O)n1C1CCC(C)(C)OC1. The van der Waals surface area contributed by atoms with Gasteiger partial charge < -0.3 is 4.74 Å². The quantitative estimate of drug-likeness (QED) is 0.631. The number of ether oxygens (including phenoxy) is 1. The highest BCUT2D eigenvalue weighted by Gasteiger charge is 2.30.